The van der Waals surface area contributed by atoms with Crippen molar-refractivity contribution in [2.45, 2.75) is 31.3 Å². The first kappa shape index (κ1) is 21.7. The van der Waals surface area contributed by atoms with Gasteiger partial charge >= 0.3 is 6.61 Å². The second-order valence-electron chi connectivity index (χ2n) is 6.92. The largest absolute Gasteiger partial charge is 0.433 e. The van der Waals surface area contributed by atoms with Crippen molar-refractivity contribution in [2.24, 2.45) is 5.92 Å². The molecule has 1 amide bonds. The van der Waals surface area contributed by atoms with Crippen LogP contribution in [0.5, 0.6) is 5.75 Å². The second-order valence-corrected chi connectivity index (χ2v) is 9.60. The number of likely N-dealkylation sites (tertiary alicyclic amines) is 1. The van der Waals surface area contributed by atoms with Gasteiger partial charge in [0.1, 0.15) is 10.6 Å². The van der Waals surface area contributed by atoms with E-state index in [9.17, 15) is 22.0 Å². The van der Waals surface area contributed by atoms with E-state index in [1.165, 1.54) is 11.4 Å². The average molecular weight is 445 g/mol. The molecule has 10 heteroatoms. The lowest BCUT2D eigenvalue weighted by Gasteiger charge is -2.32. The number of thiophene rings is 1. The summed E-state index contributed by atoms with van der Waals surface area (Å²) in [6, 6.07) is 7.91. The van der Waals surface area contributed by atoms with Crippen molar-refractivity contribution < 1.29 is 26.7 Å². The molecule has 2 heterocycles. The van der Waals surface area contributed by atoms with Gasteiger partial charge in [-0.3, -0.25) is 4.79 Å². The van der Waals surface area contributed by atoms with Crippen molar-refractivity contribution in [1.29, 1.82) is 0 Å². The number of alkyl halides is 2. The molecule has 6 nitrogen and oxygen atoms in total. The molecule has 1 aromatic carbocycles. The number of ether oxygens (including phenoxy) is 1. The Labute approximate surface area is 172 Å². The standard InChI is InChI=1S/C19H22F2N2O4S2/c1-13-4-6-15(7-5-13)29(25,26)22-11-14-3-2-9-23(12-14)18(24)17-16(8-10-28-17)27-19(20)21/h4-8,10,14,19,22H,2-3,9,11-12H2,1H3. The molecule has 0 radical (unpaired) electrons. The number of hydrogen-bond acceptors (Lipinski definition) is 5. The molecule has 0 aliphatic carbocycles. The summed E-state index contributed by atoms with van der Waals surface area (Å²) in [7, 11) is -3.63. The predicted octanol–water partition coefficient (Wildman–Crippen LogP) is 3.49. The summed E-state index contributed by atoms with van der Waals surface area (Å²) >= 11 is 1.05. The zero-order valence-electron chi connectivity index (χ0n) is 15.8. The molecular formula is C19H22F2N2O4S2. The van der Waals surface area contributed by atoms with Gasteiger partial charge in [-0.1, -0.05) is 17.7 Å². The summed E-state index contributed by atoms with van der Waals surface area (Å²) in [4.78, 5) is 14.6. The molecule has 1 fully saturated rings. The number of carbonyl (C=O) groups excluding carboxylic acids is 1. The van der Waals surface area contributed by atoms with Gasteiger partial charge in [0.05, 0.1) is 4.90 Å². The SMILES string of the molecule is Cc1ccc(S(=O)(=O)NCC2CCCN(C(=O)c3sccc3OC(F)F)C2)cc1. The smallest absolute Gasteiger partial charge is 0.387 e. The first-order chi connectivity index (χ1) is 13.8. The maximum atomic E-state index is 12.7. The number of sulfonamides is 1. The van der Waals surface area contributed by atoms with Crippen molar-refractivity contribution in [3.05, 3.63) is 46.2 Å². The number of amides is 1. The zero-order chi connectivity index (χ0) is 21.0. The van der Waals surface area contributed by atoms with Crippen LogP contribution in [0.4, 0.5) is 8.78 Å². The Balaban J connectivity index is 1.61. The van der Waals surface area contributed by atoms with E-state index in [0.29, 0.717) is 19.5 Å². The fraction of sp³-hybridized carbons (Fsp3) is 0.421. The lowest BCUT2D eigenvalue weighted by atomic mass is 9.98. The van der Waals surface area contributed by atoms with Crippen LogP contribution in [0.3, 0.4) is 0 Å². The van der Waals surface area contributed by atoms with Gasteiger partial charge in [-0.25, -0.2) is 13.1 Å². The molecular weight excluding hydrogens is 422 g/mol. The summed E-state index contributed by atoms with van der Waals surface area (Å²) in [6.45, 7) is -0.0810. The van der Waals surface area contributed by atoms with Gasteiger partial charge in [0.15, 0.2) is 0 Å². The van der Waals surface area contributed by atoms with E-state index in [-0.39, 0.29) is 33.9 Å². The van der Waals surface area contributed by atoms with Crippen LogP contribution in [0.2, 0.25) is 0 Å². The fourth-order valence-electron chi connectivity index (χ4n) is 3.23. The van der Waals surface area contributed by atoms with E-state index >= 15 is 0 Å². The van der Waals surface area contributed by atoms with Crippen molar-refractivity contribution >= 4 is 27.3 Å². The normalized spacial score (nSPS) is 17.5. The minimum Gasteiger partial charge on any atom is -0.433 e. The zero-order valence-corrected chi connectivity index (χ0v) is 17.4. The lowest BCUT2D eigenvalue weighted by molar-refractivity contribution is -0.0499. The topological polar surface area (TPSA) is 75.7 Å². The number of hydrogen-bond donors (Lipinski definition) is 1. The van der Waals surface area contributed by atoms with Crippen LogP contribution in [0.1, 0.15) is 28.1 Å². The van der Waals surface area contributed by atoms with Crippen LogP contribution < -0.4 is 9.46 Å². The Morgan fingerprint density at radius 1 is 1.31 bits per heavy atom. The minimum atomic E-state index is -3.63. The van der Waals surface area contributed by atoms with Crippen LogP contribution in [0.25, 0.3) is 0 Å². The molecule has 1 N–H and O–H groups in total. The number of carbonyl (C=O) groups is 1. The molecule has 0 saturated carbocycles. The Morgan fingerprint density at radius 3 is 2.72 bits per heavy atom. The third-order valence-corrected chi connectivity index (χ3v) is 7.06. The van der Waals surface area contributed by atoms with Crippen LogP contribution in [-0.4, -0.2) is 45.5 Å². The predicted molar refractivity (Wildman–Crippen MR) is 106 cm³/mol. The number of nitrogens with zero attached hydrogens (tertiary/aromatic N) is 1. The molecule has 29 heavy (non-hydrogen) atoms. The number of piperidine rings is 1. The lowest BCUT2D eigenvalue weighted by Crippen LogP contribution is -2.43. The quantitative estimate of drug-likeness (QED) is 0.709. The van der Waals surface area contributed by atoms with Crippen molar-refractivity contribution in [3.63, 3.8) is 0 Å². The Kier molecular flexibility index (Phi) is 6.86. The van der Waals surface area contributed by atoms with Gasteiger partial charge in [-0.05, 0) is 49.3 Å². The van der Waals surface area contributed by atoms with E-state index in [2.05, 4.69) is 9.46 Å². The van der Waals surface area contributed by atoms with Gasteiger partial charge in [-0.15, -0.1) is 11.3 Å². The van der Waals surface area contributed by atoms with Crippen molar-refractivity contribution in [1.82, 2.24) is 9.62 Å². The van der Waals surface area contributed by atoms with Crippen LogP contribution in [0, 0.1) is 12.8 Å². The first-order valence-electron chi connectivity index (χ1n) is 9.14. The van der Waals surface area contributed by atoms with Gasteiger partial charge < -0.3 is 9.64 Å². The summed E-state index contributed by atoms with van der Waals surface area (Å²) in [6.07, 6.45) is 1.48. The highest BCUT2D eigenvalue weighted by molar-refractivity contribution is 7.89. The molecule has 0 spiro atoms. The average Bonchev–Trinajstić information content (AvgIpc) is 3.14. The van der Waals surface area contributed by atoms with Crippen molar-refractivity contribution in [3.8, 4) is 5.75 Å². The Morgan fingerprint density at radius 2 is 2.03 bits per heavy atom. The van der Waals surface area contributed by atoms with Gasteiger partial charge in [0.2, 0.25) is 10.0 Å². The number of halogens is 2. The number of rotatable bonds is 7. The van der Waals surface area contributed by atoms with E-state index < -0.39 is 16.6 Å². The molecule has 158 valence electrons. The van der Waals surface area contributed by atoms with Crippen LogP contribution in [0.15, 0.2) is 40.6 Å². The Bertz CT molecular complexity index is 945. The number of aryl methyl sites for hydroxylation is 1. The summed E-state index contributed by atoms with van der Waals surface area (Å²) in [5, 5.41) is 1.53. The maximum Gasteiger partial charge on any atom is 0.387 e. The van der Waals surface area contributed by atoms with Crippen molar-refractivity contribution in [2.75, 3.05) is 19.6 Å². The third kappa shape index (κ3) is 5.52. The molecule has 2 aromatic rings. The van der Waals surface area contributed by atoms with E-state index in [0.717, 1.165) is 23.3 Å². The Hall–Kier alpha value is -2.04. The fourth-order valence-corrected chi connectivity index (χ4v) is 5.14. The molecule has 1 aliphatic heterocycles. The highest BCUT2D eigenvalue weighted by Crippen LogP contribution is 2.29. The molecule has 1 aliphatic rings. The summed E-state index contributed by atoms with van der Waals surface area (Å²) < 4.78 is 57.0. The minimum absolute atomic E-state index is 0.0626. The molecule has 1 unspecified atom stereocenters. The van der Waals surface area contributed by atoms with E-state index in [1.54, 1.807) is 29.2 Å². The highest BCUT2D eigenvalue weighted by Gasteiger charge is 2.28. The molecule has 1 aromatic heterocycles. The van der Waals surface area contributed by atoms with E-state index in [4.69, 9.17) is 0 Å². The summed E-state index contributed by atoms with van der Waals surface area (Å²) in [5.41, 5.74) is 0.967. The molecule has 3 rings (SSSR count). The van der Waals surface area contributed by atoms with Gasteiger partial charge in [-0.2, -0.15) is 8.78 Å². The highest BCUT2D eigenvalue weighted by atomic mass is 32.2. The van der Waals surface area contributed by atoms with Crippen LogP contribution >= 0.6 is 11.3 Å². The monoisotopic (exact) mass is 444 g/mol. The van der Waals surface area contributed by atoms with Gasteiger partial charge in [0, 0.05) is 19.6 Å². The molecule has 1 atom stereocenters. The first-order valence-corrected chi connectivity index (χ1v) is 11.5. The third-order valence-electron chi connectivity index (χ3n) is 4.74. The van der Waals surface area contributed by atoms with Gasteiger partial charge in [0.25, 0.3) is 5.91 Å². The van der Waals surface area contributed by atoms with E-state index in [1.807, 2.05) is 6.92 Å². The number of nitrogens with one attached hydrogen (secondary N) is 1. The second kappa shape index (κ2) is 9.19. The maximum absolute atomic E-state index is 12.7. The summed E-state index contributed by atoms with van der Waals surface area (Å²) in [5.74, 6) is -0.564. The number of benzene rings is 1. The van der Waals surface area contributed by atoms with Crippen LogP contribution in [-0.2, 0) is 10.0 Å². The molecule has 1 saturated heterocycles. The molecule has 0 bridgehead atoms.